The molecule has 2 aromatic heterocycles. The van der Waals surface area contributed by atoms with E-state index < -0.39 is 0 Å². The molecule has 0 saturated carbocycles. The van der Waals surface area contributed by atoms with Crippen LogP contribution in [0, 0.1) is 5.82 Å². The minimum absolute atomic E-state index is 0.324. The molecule has 1 aromatic carbocycles. The molecule has 7 nitrogen and oxygen atoms in total. The van der Waals surface area contributed by atoms with Gasteiger partial charge < -0.3 is 19.9 Å². The molecule has 29 heavy (non-hydrogen) atoms. The summed E-state index contributed by atoms with van der Waals surface area (Å²) in [6.45, 7) is 5.15. The zero-order valence-electron chi connectivity index (χ0n) is 16.6. The fourth-order valence-corrected chi connectivity index (χ4v) is 2.49. The van der Waals surface area contributed by atoms with E-state index in [4.69, 9.17) is 9.26 Å². The van der Waals surface area contributed by atoms with E-state index in [1.54, 1.807) is 31.4 Å². The Hall–Kier alpha value is -3.42. The molecule has 0 aliphatic heterocycles. The highest BCUT2D eigenvalue weighted by Gasteiger charge is 2.08. The molecule has 0 atom stereocenters. The van der Waals surface area contributed by atoms with Crippen LogP contribution in [0.3, 0.4) is 0 Å². The van der Waals surface area contributed by atoms with Crippen LogP contribution < -0.4 is 15.4 Å². The van der Waals surface area contributed by atoms with Crippen LogP contribution in [-0.2, 0) is 13.1 Å². The summed E-state index contributed by atoms with van der Waals surface area (Å²) in [6, 6.07) is 11.5. The number of aromatic nitrogens is 2. The summed E-state index contributed by atoms with van der Waals surface area (Å²) in [5.41, 5.74) is 1.87. The number of guanidine groups is 1. The van der Waals surface area contributed by atoms with E-state index in [1.807, 2.05) is 12.1 Å². The van der Waals surface area contributed by atoms with Crippen molar-refractivity contribution in [2.75, 3.05) is 7.05 Å². The maximum atomic E-state index is 13.2. The maximum absolute atomic E-state index is 13.2. The topological polar surface area (TPSA) is 84.6 Å². The van der Waals surface area contributed by atoms with E-state index in [-0.39, 0.29) is 5.82 Å². The van der Waals surface area contributed by atoms with E-state index in [0.29, 0.717) is 36.6 Å². The molecule has 2 N–H and O–H groups in total. The zero-order chi connectivity index (χ0) is 20.6. The first-order valence-electron chi connectivity index (χ1n) is 9.32. The predicted octanol–water partition coefficient (Wildman–Crippen LogP) is 3.99. The Morgan fingerprint density at radius 1 is 1.17 bits per heavy atom. The van der Waals surface area contributed by atoms with E-state index >= 15 is 0 Å². The van der Waals surface area contributed by atoms with Crippen LogP contribution in [0.15, 0.2) is 58.2 Å². The van der Waals surface area contributed by atoms with Gasteiger partial charge in [0.05, 0.1) is 12.2 Å². The molecular weight excluding hydrogens is 373 g/mol. The van der Waals surface area contributed by atoms with Crippen LogP contribution in [0.4, 0.5) is 4.39 Å². The van der Waals surface area contributed by atoms with Crippen molar-refractivity contribution in [1.29, 1.82) is 0 Å². The van der Waals surface area contributed by atoms with Gasteiger partial charge in [-0.1, -0.05) is 31.1 Å². The fraction of sp³-hybridized carbons (Fsp3) is 0.286. The average molecular weight is 397 g/mol. The summed E-state index contributed by atoms with van der Waals surface area (Å²) < 4.78 is 24.1. The van der Waals surface area contributed by atoms with Crippen molar-refractivity contribution in [3.05, 3.63) is 71.5 Å². The zero-order valence-corrected chi connectivity index (χ0v) is 16.6. The number of halogens is 1. The molecule has 0 spiro atoms. The van der Waals surface area contributed by atoms with E-state index in [0.717, 1.165) is 17.0 Å². The van der Waals surface area contributed by atoms with Crippen LogP contribution >= 0.6 is 0 Å². The Balaban J connectivity index is 1.48. The standard InChI is InChI=1S/C21H24FN5O2/c1-14(2)19-10-18(29-27-19)13-26-21(23-3)25-12-15-7-8-20(24-11-15)28-17-6-4-5-16(22)9-17/h4-11,14H,12-13H2,1-3H3,(H2,23,25,26). The van der Waals surface area contributed by atoms with Crippen molar-refractivity contribution in [3.63, 3.8) is 0 Å². The summed E-state index contributed by atoms with van der Waals surface area (Å²) >= 11 is 0. The van der Waals surface area contributed by atoms with Gasteiger partial charge in [0.15, 0.2) is 11.7 Å². The lowest BCUT2D eigenvalue weighted by atomic mass is 10.1. The Morgan fingerprint density at radius 3 is 2.66 bits per heavy atom. The molecule has 8 heteroatoms. The van der Waals surface area contributed by atoms with Crippen molar-refractivity contribution >= 4 is 5.96 Å². The van der Waals surface area contributed by atoms with Gasteiger partial charge in [0, 0.05) is 38.0 Å². The number of hydrogen-bond acceptors (Lipinski definition) is 5. The number of nitrogens with zero attached hydrogens (tertiary/aromatic N) is 3. The number of rotatable bonds is 7. The fourth-order valence-electron chi connectivity index (χ4n) is 2.49. The molecule has 0 radical (unpaired) electrons. The minimum Gasteiger partial charge on any atom is -0.439 e. The highest BCUT2D eigenvalue weighted by molar-refractivity contribution is 5.79. The largest absolute Gasteiger partial charge is 0.439 e. The molecule has 0 bridgehead atoms. The number of nitrogens with one attached hydrogen (secondary N) is 2. The second-order valence-corrected chi connectivity index (χ2v) is 6.72. The number of aliphatic imine (C=N–C) groups is 1. The lowest BCUT2D eigenvalue weighted by Gasteiger charge is -2.11. The Morgan fingerprint density at radius 2 is 2.00 bits per heavy atom. The van der Waals surface area contributed by atoms with Crippen molar-refractivity contribution < 1.29 is 13.7 Å². The minimum atomic E-state index is -0.354. The summed E-state index contributed by atoms with van der Waals surface area (Å²) in [6.07, 6.45) is 1.69. The third-order valence-corrected chi connectivity index (χ3v) is 4.10. The third kappa shape index (κ3) is 6.03. The van der Waals surface area contributed by atoms with Crippen LogP contribution in [0.2, 0.25) is 0 Å². The van der Waals surface area contributed by atoms with Gasteiger partial charge in [-0.15, -0.1) is 0 Å². The Labute approximate surface area is 169 Å². The lowest BCUT2D eigenvalue weighted by Crippen LogP contribution is -2.36. The molecule has 0 aliphatic rings. The predicted molar refractivity (Wildman–Crippen MR) is 108 cm³/mol. The molecule has 2 heterocycles. The summed E-state index contributed by atoms with van der Waals surface area (Å²) in [7, 11) is 1.70. The highest BCUT2D eigenvalue weighted by atomic mass is 19.1. The molecule has 0 fully saturated rings. The van der Waals surface area contributed by atoms with Gasteiger partial charge in [-0.25, -0.2) is 9.37 Å². The van der Waals surface area contributed by atoms with Gasteiger partial charge >= 0.3 is 0 Å². The molecule has 3 rings (SSSR count). The molecule has 3 aromatic rings. The Bertz CT molecular complexity index is 954. The summed E-state index contributed by atoms with van der Waals surface area (Å²) in [4.78, 5) is 8.45. The lowest BCUT2D eigenvalue weighted by molar-refractivity contribution is 0.372. The van der Waals surface area contributed by atoms with Crippen LogP contribution in [-0.4, -0.2) is 23.1 Å². The van der Waals surface area contributed by atoms with Crippen LogP contribution in [0.25, 0.3) is 0 Å². The van der Waals surface area contributed by atoms with Gasteiger partial charge in [-0.2, -0.15) is 0 Å². The number of ether oxygens (including phenoxy) is 1. The van der Waals surface area contributed by atoms with Crippen LogP contribution in [0.1, 0.15) is 36.8 Å². The average Bonchev–Trinajstić information content (AvgIpc) is 3.19. The van der Waals surface area contributed by atoms with E-state index in [9.17, 15) is 4.39 Å². The highest BCUT2D eigenvalue weighted by Crippen LogP contribution is 2.20. The summed E-state index contributed by atoms with van der Waals surface area (Å²) in [5.74, 6) is 2.15. The number of pyridine rings is 1. The quantitative estimate of drug-likeness (QED) is 0.463. The van der Waals surface area contributed by atoms with Gasteiger partial charge in [0.2, 0.25) is 5.88 Å². The molecule has 0 amide bonds. The molecule has 0 unspecified atom stereocenters. The molecule has 152 valence electrons. The first kappa shape index (κ1) is 20.3. The van der Waals surface area contributed by atoms with E-state index in [2.05, 4.69) is 39.6 Å². The smallest absolute Gasteiger partial charge is 0.219 e. The summed E-state index contributed by atoms with van der Waals surface area (Å²) in [5, 5.41) is 10.4. The van der Waals surface area contributed by atoms with Crippen molar-refractivity contribution in [2.24, 2.45) is 4.99 Å². The number of benzene rings is 1. The molecule has 0 aliphatic carbocycles. The Kier molecular flexibility index (Phi) is 6.78. The van der Waals surface area contributed by atoms with Gasteiger partial charge in [0.25, 0.3) is 0 Å². The van der Waals surface area contributed by atoms with Gasteiger partial charge in [0.1, 0.15) is 11.6 Å². The van der Waals surface area contributed by atoms with Crippen molar-refractivity contribution in [2.45, 2.75) is 32.9 Å². The van der Waals surface area contributed by atoms with E-state index in [1.165, 1.54) is 12.1 Å². The SMILES string of the molecule is CN=C(NCc1ccc(Oc2cccc(F)c2)nc1)NCc1cc(C(C)C)no1. The van der Waals surface area contributed by atoms with Gasteiger partial charge in [-0.3, -0.25) is 4.99 Å². The van der Waals surface area contributed by atoms with Crippen LogP contribution in [0.5, 0.6) is 11.6 Å². The second kappa shape index (κ2) is 9.68. The maximum Gasteiger partial charge on any atom is 0.219 e. The third-order valence-electron chi connectivity index (χ3n) is 4.10. The second-order valence-electron chi connectivity index (χ2n) is 6.72. The molecule has 0 saturated heterocycles. The number of hydrogen-bond donors (Lipinski definition) is 2. The van der Waals surface area contributed by atoms with Gasteiger partial charge in [-0.05, 0) is 23.6 Å². The first-order chi connectivity index (χ1) is 14.0. The van der Waals surface area contributed by atoms with Crippen molar-refractivity contribution in [3.8, 4) is 11.6 Å². The molecular formula is C21H24FN5O2. The first-order valence-corrected chi connectivity index (χ1v) is 9.32. The monoisotopic (exact) mass is 397 g/mol. The normalized spacial score (nSPS) is 11.6. The van der Waals surface area contributed by atoms with Crippen molar-refractivity contribution in [1.82, 2.24) is 20.8 Å².